The van der Waals surface area contributed by atoms with Gasteiger partial charge in [-0.3, -0.25) is 0 Å². The number of anilines is 3. The van der Waals surface area contributed by atoms with Crippen LogP contribution >= 0.6 is 0 Å². The predicted octanol–water partition coefficient (Wildman–Crippen LogP) is 14.1. The number of benzene rings is 11. The van der Waals surface area contributed by atoms with E-state index in [4.69, 9.17) is 6.85 Å². The molecule has 1 heterocycles. The molecule has 11 aromatic carbocycles. The lowest BCUT2D eigenvalue weighted by atomic mass is 9.98. The Kier molecular flexibility index (Phi) is 8.91. The van der Waals surface area contributed by atoms with Crippen molar-refractivity contribution < 1.29 is 6.85 Å². The third-order valence-electron chi connectivity index (χ3n) is 13.2. The van der Waals surface area contributed by atoms with E-state index in [0.29, 0.717) is 0 Å². The van der Waals surface area contributed by atoms with E-state index in [2.05, 4.69) is 217 Å². The fraction of sp³-hybridized carbons (Fsp3) is 0. The van der Waals surface area contributed by atoms with Crippen LogP contribution in [0.15, 0.2) is 279 Å². The average Bonchev–Trinajstić information content (AvgIpc) is 3.78. The maximum Gasteiger partial charge on any atom is 0.179 e. The van der Waals surface area contributed by atoms with Crippen LogP contribution in [0.1, 0.15) is 6.85 Å². The summed E-state index contributed by atoms with van der Waals surface area (Å²) in [6.07, 6.45) is 0. The van der Waals surface area contributed by atoms with Crippen LogP contribution in [0.2, 0.25) is 0 Å². The van der Waals surface area contributed by atoms with E-state index in [1.165, 1.54) is 37.1 Å². The number of nitrogens with zero attached hydrogens (tertiary/aromatic N) is 2. The summed E-state index contributed by atoms with van der Waals surface area (Å²) in [6.45, 7) is 0. The molecule has 0 unspecified atom stereocenters. The zero-order valence-corrected chi connectivity index (χ0v) is 37.6. The topological polar surface area (TPSA) is 8.17 Å². The van der Waals surface area contributed by atoms with Crippen LogP contribution in [0.25, 0.3) is 60.5 Å². The largest absolute Gasteiger partial charge is 0.311 e. The van der Waals surface area contributed by atoms with Gasteiger partial charge in [-0.25, -0.2) is 0 Å². The number of hydrogen-bond acceptors (Lipinski definition) is 1. The molecule has 0 aliphatic heterocycles. The Labute approximate surface area is 400 Å². The smallest absolute Gasteiger partial charge is 0.179 e. The molecule has 2 nitrogen and oxygen atoms in total. The molecular formula is C64H46N2Si. The third-order valence-corrected chi connectivity index (χ3v) is 18.0. The molecular weight excluding hydrogens is 825 g/mol. The zero-order chi connectivity index (χ0) is 48.9. The third kappa shape index (κ3) is 6.96. The van der Waals surface area contributed by atoms with E-state index in [1.807, 2.05) is 41.0 Å². The Bertz CT molecular complexity index is 3830. The molecule has 0 aliphatic rings. The fourth-order valence-corrected chi connectivity index (χ4v) is 15.0. The van der Waals surface area contributed by atoms with Gasteiger partial charge in [0.05, 0.1) is 17.9 Å². The van der Waals surface area contributed by atoms with Gasteiger partial charge in [-0.05, 0) is 114 Å². The second kappa shape index (κ2) is 17.1. The van der Waals surface area contributed by atoms with Crippen LogP contribution in [-0.2, 0) is 0 Å². The second-order valence-electron chi connectivity index (χ2n) is 16.9. The van der Waals surface area contributed by atoms with Crippen molar-refractivity contribution in [1.82, 2.24) is 4.57 Å². The highest BCUT2D eigenvalue weighted by Gasteiger charge is 2.41. The van der Waals surface area contributed by atoms with Crippen molar-refractivity contribution in [3.63, 3.8) is 0 Å². The summed E-state index contributed by atoms with van der Waals surface area (Å²) < 4.78 is 45.0. The van der Waals surface area contributed by atoms with E-state index in [-0.39, 0.29) is 29.9 Å². The molecule has 12 aromatic rings. The molecule has 0 saturated carbocycles. The van der Waals surface area contributed by atoms with Gasteiger partial charge in [0, 0.05) is 33.5 Å². The molecule has 0 aliphatic carbocycles. The molecule has 3 heteroatoms. The molecule has 0 bridgehead atoms. The number of hydrogen-bond donors (Lipinski definition) is 0. The Morgan fingerprint density at radius 3 is 1.37 bits per heavy atom. The van der Waals surface area contributed by atoms with Gasteiger partial charge >= 0.3 is 0 Å². The molecule has 0 atom stereocenters. The van der Waals surface area contributed by atoms with Crippen LogP contribution < -0.4 is 25.6 Å². The van der Waals surface area contributed by atoms with Gasteiger partial charge in [-0.15, -0.1) is 0 Å². The molecule has 316 valence electrons. The molecule has 0 saturated heterocycles. The first kappa shape index (κ1) is 34.8. The van der Waals surface area contributed by atoms with Crippen LogP contribution in [0, 0.1) is 0 Å². The SMILES string of the molecule is [2H]c1c([2H])c([2H])c(-n2c3ccccc3c3c(-c4ccc(N(c5ccc(-c6cccc7ccccc67)cc5)c5ccc([Si](c6ccccc6)(c6ccccc6)c6ccccc6)cc5)cc4)cccc32)c([2H])c1[2H]. The van der Waals surface area contributed by atoms with E-state index in [9.17, 15) is 0 Å². The van der Waals surface area contributed by atoms with Gasteiger partial charge in [0.25, 0.3) is 0 Å². The van der Waals surface area contributed by atoms with Gasteiger partial charge in [0.2, 0.25) is 0 Å². The quantitative estimate of drug-likeness (QED) is 0.0982. The van der Waals surface area contributed by atoms with Crippen LogP contribution in [0.5, 0.6) is 0 Å². The Hall–Kier alpha value is -8.50. The Morgan fingerprint density at radius 2 is 0.776 bits per heavy atom. The molecule has 0 spiro atoms. The maximum absolute atomic E-state index is 8.94. The molecule has 12 rings (SSSR count). The minimum absolute atomic E-state index is 0.129. The highest BCUT2D eigenvalue weighted by Crippen LogP contribution is 2.41. The zero-order valence-electron chi connectivity index (χ0n) is 41.6. The summed E-state index contributed by atoms with van der Waals surface area (Å²) in [5.74, 6) is 0. The summed E-state index contributed by atoms with van der Waals surface area (Å²) in [4.78, 5) is 2.32. The van der Waals surface area contributed by atoms with Gasteiger partial charge in [-0.1, -0.05) is 218 Å². The molecule has 0 radical (unpaired) electrons. The van der Waals surface area contributed by atoms with Gasteiger partial charge in [-0.2, -0.15) is 0 Å². The molecule has 0 N–H and O–H groups in total. The Morgan fingerprint density at radius 1 is 0.343 bits per heavy atom. The second-order valence-corrected chi connectivity index (χ2v) is 20.7. The standard InChI is InChI=1S/C64H46N2Si/c1-5-21-50(22-6-1)66-62-33-16-15-30-61(62)64-60(32-18-34-63(64)66)49-37-41-52(42-38-49)65(51-39-35-48(36-40-51)59-31-17-20-47-19-13-14-29-58(47)59)53-43-45-57(46-44-53)67(54-23-7-2-8-24-54,55-25-9-3-10-26-55)56-27-11-4-12-28-56/h1-46H/i1D,5D,6D,21D,22D. The highest BCUT2D eigenvalue weighted by atomic mass is 28.3. The maximum atomic E-state index is 8.94. The van der Waals surface area contributed by atoms with Crippen molar-refractivity contribution in [2.24, 2.45) is 0 Å². The van der Waals surface area contributed by atoms with Crippen LogP contribution in [0.4, 0.5) is 17.1 Å². The van der Waals surface area contributed by atoms with Crippen molar-refractivity contribution in [3.05, 3.63) is 279 Å². The number of aromatic nitrogens is 1. The summed E-state index contributed by atoms with van der Waals surface area (Å²) in [5, 5.41) is 9.52. The van der Waals surface area contributed by atoms with Crippen molar-refractivity contribution in [1.29, 1.82) is 0 Å². The van der Waals surface area contributed by atoms with Gasteiger partial charge < -0.3 is 9.47 Å². The lowest BCUT2D eigenvalue weighted by molar-refractivity contribution is 1.18. The van der Waals surface area contributed by atoms with E-state index < -0.39 is 14.1 Å². The average molecular weight is 876 g/mol. The van der Waals surface area contributed by atoms with Gasteiger partial charge in [0.1, 0.15) is 0 Å². The van der Waals surface area contributed by atoms with Gasteiger partial charge in [0.15, 0.2) is 8.07 Å². The summed E-state index contributed by atoms with van der Waals surface area (Å²) in [7, 11) is -2.77. The Balaban J connectivity index is 1.01. The normalized spacial score (nSPS) is 12.6. The van der Waals surface area contributed by atoms with Crippen LogP contribution in [0.3, 0.4) is 0 Å². The monoisotopic (exact) mass is 875 g/mol. The summed E-state index contributed by atoms with van der Waals surface area (Å²) in [5.41, 5.74) is 8.94. The molecule has 1 aromatic heterocycles. The highest BCUT2D eigenvalue weighted by molar-refractivity contribution is 7.19. The van der Waals surface area contributed by atoms with Crippen molar-refractivity contribution in [2.45, 2.75) is 0 Å². The first-order valence-corrected chi connectivity index (χ1v) is 24.7. The van der Waals surface area contributed by atoms with E-state index >= 15 is 0 Å². The first-order chi connectivity index (χ1) is 35.3. The van der Waals surface area contributed by atoms with Crippen molar-refractivity contribution in [3.8, 4) is 27.9 Å². The number of fused-ring (bicyclic) bond motifs is 4. The number of para-hydroxylation sites is 2. The van der Waals surface area contributed by atoms with Crippen LogP contribution in [-0.4, -0.2) is 12.6 Å². The minimum Gasteiger partial charge on any atom is -0.311 e. The lowest BCUT2D eigenvalue weighted by Crippen LogP contribution is -2.74. The lowest BCUT2D eigenvalue weighted by Gasteiger charge is -2.35. The predicted molar refractivity (Wildman–Crippen MR) is 287 cm³/mol. The number of rotatable bonds is 10. The summed E-state index contributed by atoms with van der Waals surface area (Å²) >= 11 is 0. The van der Waals surface area contributed by atoms with Crippen molar-refractivity contribution in [2.75, 3.05) is 4.90 Å². The first-order valence-electron chi connectivity index (χ1n) is 25.2. The minimum atomic E-state index is -2.77. The van der Waals surface area contributed by atoms with E-state index in [1.54, 1.807) is 0 Å². The van der Waals surface area contributed by atoms with Crippen molar-refractivity contribution >= 4 is 78.5 Å². The fourth-order valence-electron chi connectivity index (χ4n) is 10.3. The molecule has 67 heavy (non-hydrogen) atoms. The molecule has 0 fully saturated rings. The van der Waals surface area contributed by atoms with E-state index in [0.717, 1.165) is 55.6 Å². The summed E-state index contributed by atoms with van der Waals surface area (Å²) in [6, 6.07) is 87.0. The molecule has 0 amide bonds.